The molecule has 1 atom stereocenters. The number of ether oxygens (including phenoxy) is 1. The van der Waals surface area contributed by atoms with Gasteiger partial charge in [-0.15, -0.1) is 0 Å². The van der Waals surface area contributed by atoms with E-state index in [1.54, 1.807) is 7.11 Å². The SMILES string of the molecule is COc1ccc2c3c(n(C)c2c1)[C@@H](CO)N(Cc1ccc(Cl)cc1)CC31CN(C(=O)NC(C)C)C1. The number of aliphatic hydroxyl groups is 1. The van der Waals surface area contributed by atoms with Gasteiger partial charge in [-0.25, -0.2) is 4.79 Å². The number of nitrogens with one attached hydrogen (secondary N) is 1. The highest BCUT2D eigenvalue weighted by atomic mass is 35.5. The first-order valence-electron chi connectivity index (χ1n) is 12.1. The minimum atomic E-state index is -0.212. The maximum atomic E-state index is 12.8. The van der Waals surface area contributed by atoms with Gasteiger partial charge in [-0.1, -0.05) is 23.7 Å². The van der Waals surface area contributed by atoms with E-state index in [1.807, 2.05) is 49.1 Å². The Morgan fingerprint density at radius 3 is 2.54 bits per heavy atom. The number of urea groups is 1. The van der Waals surface area contributed by atoms with E-state index in [-0.39, 0.29) is 30.1 Å². The summed E-state index contributed by atoms with van der Waals surface area (Å²) in [5, 5.41) is 15.5. The van der Waals surface area contributed by atoms with Crippen molar-refractivity contribution in [3.8, 4) is 5.75 Å². The first kappa shape index (κ1) is 24.0. The summed E-state index contributed by atoms with van der Waals surface area (Å²) in [6, 6.07) is 14.0. The van der Waals surface area contributed by atoms with Gasteiger partial charge in [0.15, 0.2) is 0 Å². The number of carbonyl (C=O) groups is 1. The second-order valence-electron chi connectivity index (χ2n) is 10.2. The van der Waals surface area contributed by atoms with Crippen LogP contribution in [0.5, 0.6) is 5.75 Å². The predicted octanol–water partition coefficient (Wildman–Crippen LogP) is 4.06. The normalized spacial score (nSPS) is 19.2. The molecular weight excluding hydrogens is 464 g/mol. The zero-order valence-electron chi connectivity index (χ0n) is 20.7. The Kier molecular flexibility index (Phi) is 6.20. The molecule has 8 heteroatoms. The molecule has 0 bridgehead atoms. The quantitative estimate of drug-likeness (QED) is 0.559. The molecule has 0 aliphatic carbocycles. The number of hydrogen-bond acceptors (Lipinski definition) is 4. The van der Waals surface area contributed by atoms with Crippen LogP contribution < -0.4 is 10.1 Å². The maximum absolute atomic E-state index is 12.8. The summed E-state index contributed by atoms with van der Waals surface area (Å²) >= 11 is 6.12. The Morgan fingerprint density at radius 1 is 1.20 bits per heavy atom. The number of hydrogen-bond donors (Lipinski definition) is 2. The molecule has 1 saturated heterocycles. The first-order valence-corrected chi connectivity index (χ1v) is 12.5. The molecule has 3 heterocycles. The van der Waals surface area contributed by atoms with Gasteiger partial charge in [-0.05, 0) is 49.2 Å². The third kappa shape index (κ3) is 4.05. The average Bonchev–Trinajstić information content (AvgIpc) is 3.10. The van der Waals surface area contributed by atoms with Crippen molar-refractivity contribution >= 4 is 28.5 Å². The largest absolute Gasteiger partial charge is 0.497 e. The minimum absolute atomic E-state index is 0.00944. The predicted molar refractivity (Wildman–Crippen MR) is 138 cm³/mol. The molecule has 1 aromatic heterocycles. The third-order valence-corrected chi connectivity index (χ3v) is 7.66. The second-order valence-corrected chi connectivity index (χ2v) is 10.6. The van der Waals surface area contributed by atoms with Crippen molar-refractivity contribution in [3.63, 3.8) is 0 Å². The lowest BCUT2D eigenvalue weighted by atomic mass is 9.68. The van der Waals surface area contributed by atoms with E-state index in [4.69, 9.17) is 16.3 Å². The second kappa shape index (κ2) is 9.04. The topological polar surface area (TPSA) is 70.0 Å². The summed E-state index contributed by atoms with van der Waals surface area (Å²) in [5.74, 6) is 0.801. The molecule has 0 saturated carbocycles. The number of benzene rings is 2. The monoisotopic (exact) mass is 496 g/mol. The lowest BCUT2D eigenvalue weighted by Crippen LogP contribution is -2.69. The molecule has 2 amide bonds. The van der Waals surface area contributed by atoms with Gasteiger partial charge in [0.05, 0.1) is 25.3 Å². The van der Waals surface area contributed by atoms with Crippen molar-refractivity contribution in [2.45, 2.75) is 37.9 Å². The van der Waals surface area contributed by atoms with Crippen LogP contribution >= 0.6 is 11.6 Å². The number of halogens is 1. The number of aliphatic hydroxyl groups excluding tert-OH is 1. The molecule has 5 rings (SSSR count). The molecule has 7 nitrogen and oxygen atoms in total. The number of aryl methyl sites for hydroxylation is 1. The van der Waals surface area contributed by atoms with Crippen molar-refractivity contribution < 1.29 is 14.6 Å². The number of aromatic nitrogens is 1. The van der Waals surface area contributed by atoms with Crippen LogP contribution in [0.25, 0.3) is 10.9 Å². The van der Waals surface area contributed by atoms with Gasteiger partial charge in [0.25, 0.3) is 0 Å². The van der Waals surface area contributed by atoms with Gasteiger partial charge in [-0.3, -0.25) is 4.90 Å². The highest BCUT2D eigenvalue weighted by molar-refractivity contribution is 6.30. The van der Waals surface area contributed by atoms with Gasteiger partial charge >= 0.3 is 6.03 Å². The Labute approximate surface area is 211 Å². The van der Waals surface area contributed by atoms with Crippen molar-refractivity contribution in [2.75, 3.05) is 33.4 Å². The molecule has 2 aliphatic rings. The zero-order chi connectivity index (χ0) is 24.9. The summed E-state index contributed by atoms with van der Waals surface area (Å²) in [4.78, 5) is 17.0. The number of fused-ring (bicyclic) bond motifs is 4. The highest BCUT2D eigenvalue weighted by Gasteiger charge is 2.54. The number of nitrogens with zero attached hydrogens (tertiary/aromatic N) is 3. The summed E-state index contributed by atoms with van der Waals surface area (Å²) in [5.41, 5.74) is 4.36. The summed E-state index contributed by atoms with van der Waals surface area (Å²) < 4.78 is 7.70. The van der Waals surface area contributed by atoms with Crippen molar-refractivity contribution in [1.82, 2.24) is 19.7 Å². The molecule has 3 aromatic rings. The Hall–Kier alpha value is -2.74. The summed E-state index contributed by atoms with van der Waals surface area (Å²) in [6.07, 6.45) is 0. The molecule has 2 aliphatic heterocycles. The molecule has 0 unspecified atom stereocenters. The molecule has 1 fully saturated rings. The van der Waals surface area contributed by atoms with Crippen molar-refractivity contribution in [3.05, 3.63) is 64.3 Å². The Balaban J connectivity index is 1.59. The lowest BCUT2D eigenvalue weighted by Gasteiger charge is -2.56. The van der Waals surface area contributed by atoms with Crippen LogP contribution in [0, 0.1) is 0 Å². The smallest absolute Gasteiger partial charge is 0.317 e. The number of rotatable bonds is 5. The van der Waals surface area contributed by atoms with Crippen LogP contribution in [0.15, 0.2) is 42.5 Å². The van der Waals surface area contributed by atoms with Crippen LogP contribution in [-0.4, -0.2) is 64.9 Å². The van der Waals surface area contributed by atoms with Gasteiger partial charge in [-0.2, -0.15) is 0 Å². The fourth-order valence-electron chi connectivity index (χ4n) is 5.88. The van der Waals surface area contributed by atoms with Crippen molar-refractivity contribution in [2.24, 2.45) is 7.05 Å². The lowest BCUT2D eigenvalue weighted by molar-refractivity contribution is 0.00822. The van der Waals surface area contributed by atoms with E-state index in [9.17, 15) is 9.90 Å². The standard InChI is InChI=1S/C27H33ClN4O3/c1-17(2)29-26(34)32-15-27(16-32)14-31(12-18-5-7-19(28)8-6-18)23(13-33)25-24(27)21-10-9-20(35-4)11-22(21)30(25)3/h5-11,17,23,33H,12-16H2,1-4H3,(H,29,34)/t23-/m1/s1. The van der Waals surface area contributed by atoms with E-state index in [2.05, 4.69) is 34.0 Å². The Morgan fingerprint density at radius 2 is 1.91 bits per heavy atom. The number of methoxy groups -OCH3 is 1. The highest BCUT2D eigenvalue weighted by Crippen LogP contribution is 2.50. The molecule has 2 N–H and O–H groups in total. The summed E-state index contributed by atoms with van der Waals surface area (Å²) in [7, 11) is 3.73. The van der Waals surface area contributed by atoms with Gasteiger partial charge < -0.3 is 24.6 Å². The molecule has 1 spiro atoms. The number of likely N-dealkylation sites (tertiary alicyclic amines) is 1. The first-order chi connectivity index (χ1) is 16.8. The fraction of sp³-hybridized carbons (Fsp3) is 0.444. The molecule has 186 valence electrons. The van der Waals surface area contributed by atoms with Crippen LogP contribution in [0.2, 0.25) is 5.02 Å². The molecule has 0 radical (unpaired) electrons. The van der Waals surface area contributed by atoms with E-state index in [1.165, 1.54) is 5.56 Å². The minimum Gasteiger partial charge on any atom is -0.497 e. The molecular formula is C27H33ClN4O3. The fourth-order valence-corrected chi connectivity index (χ4v) is 6.00. The van der Waals surface area contributed by atoms with Crippen LogP contribution in [0.3, 0.4) is 0 Å². The number of amides is 2. The molecule has 35 heavy (non-hydrogen) atoms. The van der Waals surface area contributed by atoms with Crippen LogP contribution in [0.1, 0.15) is 36.7 Å². The van der Waals surface area contributed by atoms with E-state index in [0.29, 0.717) is 24.7 Å². The van der Waals surface area contributed by atoms with Crippen LogP contribution in [0.4, 0.5) is 4.79 Å². The Bertz CT molecular complexity index is 1250. The van der Waals surface area contributed by atoms with Gasteiger partial charge in [0.2, 0.25) is 0 Å². The van der Waals surface area contributed by atoms with E-state index < -0.39 is 0 Å². The van der Waals surface area contributed by atoms with Crippen LogP contribution in [-0.2, 0) is 19.0 Å². The van der Waals surface area contributed by atoms with Gasteiger partial charge in [0.1, 0.15) is 5.75 Å². The number of carbonyl (C=O) groups excluding carboxylic acids is 1. The third-order valence-electron chi connectivity index (χ3n) is 7.40. The average molecular weight is 497 g/mol. The van der Waals surface area contributed by atoms with E-state index in [0.717, 1.165) is 34.5 Å². The van der Waals surface area contributed by atoms with Gasteiger partial charge in [0, 0.05) is 66.9 Å². The van der Waals surface area contributed by atoms with Crippen molar-refractivity contribution in [1.29, 1.82) is 0 Å². The van der Waals surface area contributed by atoms with E-state index >= 15 is 0 Å². The molecule has 2 aromatic carbocycles. The zero-order valence-corrected chi connectivity index (χ0v) is 21.5. The summed E-state index contributed by atoms with van der Waals surface area (Å²) in [6.45, 7) is 6.68. The maximum Gasteiger partial charge on any atom is 0.317 e.